The molecule has 27 heteroatoms. The molecule has 0 spiro atoms. The van der Waals surface area contributed by atoms with Gasteiger partial charge in [0.25, 0.3) is 0 Å². The molecule has 13 aromatic rings. The van der Waals surface area contributed by atoms with Crippen LogP contribution < -0.4 is 33.7 Å². The standard InChI is InChI=1S/C36H39Cl2N5O3.C35H40Cl2N4O3.C35H39Cl2N3O3/c37-27-8-13-30(14-9-27)46-36(44)43-21-16-31-32-24-28(38)10-15-33(32)41-34(31)35(43)26-6-11-29(12-7-26)45-23-4-2-1-3-17-39-18-5-20-42-22-19-40-25-42;1-39-19-21-40(22-20-39)17-4-2-3-5-23-43-28-11-6-25(7-12-28)34-33-30(31-24-27(37)10-15-32(31)38-33)16-18-41(34)35(42)44-29-13-8-26(36)9-14-29;36-26-10-15-29(16-11-26)43-35(41)40-22-18-30-31-24-27(37)12-17-32(31)38-33(30)34(40)25-8-13-28(14-9-25)42-23-7-2-1-4-19-39-20-5-3-6-21-39/h6-15,19,22,24-25,35,39,41H,1-5,16-18,20-21,23H2;6-15,24,34,38H,2-5,16-23H2,1H3;8-17,24,34,38H,1-7,18-23H2. The lowest BCUT2D eigenvalue weighted by Crippen LogP contribution is -2.44. The molecule has 4 aromatic heterocycles. The Morgan fingerprint density at radius 1 is 0.353 bits per heavy atom. The predicted octanol–water partition coefficient (Wildman–Crippen LogP) is 25.3. The summed E-state index contributed by atoms with van der Waals surface area (Å²) in [5, 5.41) is 10.6. The van der Waals surface area contributed by atoms with E-state index in [-0.39, 0.29) is 18.1 Å². The number of unbranched alkanes of at least 4 members (excludes halogenated alkanes) is 9. The van der Waals surface area contributed by atoms with Crippen molar-refractivity contribution in [2.24, 2.45) is 0 Å². The number of fused-ring (bicyclic) bond motifs is 9. The Labute approximate surface area is 809 Å². The summed E-state index contributed by atoms with van der Waals surface area (Å²) in [6.45, 7) is 16.4. The van der Waals surface area contributed by atoms with Crippen molar-refractivity contribution in [1.29, 1.82) is 0 Å². The monoisotopic (exact) mass is 1910 g/mol. The summed E-state index contributed by atoms with van der Waals surface area (Å²) in [5.41, 5.74) is 12.4. The fraction of sp³-hybridized carbons (Fsp3) is 0.377. The van der Waals surface area contributed by atoms with Gasteiger partial charge in [0.15, 0.2) is 0 Å². The number of likely N-dealkylation sites (N-methyl/N-ethyl adjacent to an activating group) is 1. The van der Waals surface area contributed by atoms with Gasteiger partial charge in [0, 0.05) is 145 Å². The van der Waals surface area contributed by atoms with Gasteiger partial charge in [-0.3, -0.25) is 14.7 Å². The number of piperidine rings is 1. The number of carbonyl (C=O) groups is 3. The summed E-state index contributed by atoms with van der Waals surface area (Å²) in [6.07, 6.45) is 25.7. The quantitative estimate of drug-likeness (QED) is 0.0277. The largest absolute Gasteiger partial charge is 0.494 e. The molecule has 0 bridgehead atoms. The number of benzene rings is 9. The van der Waals surface area contributed by atoms with Gasteiger partial charge in [-0.15, -0.1) is 0 Å². The van der Waals surface area contributed by atoms with E-state index >= 15 is 0 Å². The first-order valence-electron chi connectivity index (χ1n) is 47.1. The van der Waals surface area contributed by atoms with Crippen LogP contribution >= 0.6 is 69.6 Å². The summed E-state index contributed by atoms with van der Waals surface area (Å²) in [6, 6.07) is 61.3. The Kier molecular flexibility index (Phi) is 34.3. The Morgan fingerprint density at radius 2 is 0.684 bits per heavy atom. The molecule has 3 atom stereocenters. The number of aryl methyl sites for hydroxylation is 1. The number of H-pyrrole nitrogens is 3. The maximum absolute atomic E-state index is 13.5. The van der Waals surface area contributed by atoms with E-state index in [1.54, 1.807) is 87.5 Å². The first-order valence-corrected chi connectivity index (χ1v) is 49.4. The highest BCUT2D eigenvalue weighted by atomic mass is 35.5. The van der Waals surface area contributed by atoms with Crippen LogP contribution in [-0.2, 0) is 25.8 Å². The zero-order chi connectivity index (χ0) is 91.8. The van der Waals surface area contributed by atoms with Crippen molar-refractivity contribution < 1.29 is 42.8 Å². The molecule has 133 heavy (non-hydrogen) atoms. The third-order valence-corrected chi connectivity index (χ3v) is 27.2. The zero-order valence-electron chi connectivity index (χ0n) is 75.5. The lowest BCUT2D eigenvalue weighted by atomic mass is 9.92. The highest BCUT2D eigenvalue weighted by Gasteiger charge is 2.40. The van der Waals surface area contributed by atoms with E-state index in [9.17, 15) is 14.4 Å². The average Bonchev–Trinajstić information content (AvgIpc) is 1.62. The van der Waals surface area contributed by atoms with E-state index in [4.69, 9.17) is 98.0 Å². The fourth-order valence-corrected chi connectivity index (χ4v) is 19.6. The van der Waals surface area contributed by atoms with Crippen LogP contribution in [0.15, 0.2) is 219 Å². The number of nitrogens with zero attached hydrogens (tertiary/aromatic N) is 8. The van der Waals surface area contributed by atoms with Crippen LogP contribution in [0.25, 0.3) is 32.7 Å². The van der Waals surface area contributed by atoms with Crippen LogP contribution in [0.5, 0.6) is 34.5 Å². The van der Waals surface area contributed by atoms with Gasteiger partial charge in [-0.1, -0.05) is 151 Å². The van der Waals surface area contributed by atoms with Crippen molar-refractivity contribution in [2.45, 2.75) is 147 Å². The molecule has 9 aromatic carbocycles. The molecule has 0 saturated carbocycles. The van der Waals surface area contributed by atoms with E-state index in [2.05, 4.69) is 63.7 Å². The van der Waals surface area contributed by atoms with Crippen LogP contribution in [0.4, 0.5) is 14.4 Å². The molecular formula is C106H118Cl6N12O9. The van der Waals surface area contributed by atoms with Crippen LogP contribution in [0.3, 0.4) is 0 Å². The zero-order valence-corrected chi connectivity index (χ0v) is 80.0. The molecule has 0 radical (unpaired) electrons. The van der Waals surface area contributed by atoms with E-state index < -0.39 is 18.3 Å². The van der Waals surface area contributed by atoms with Crippen molar-refractivity contribution in [2.75, 3.05) is 112 Å². The van der Waals surface area contributed by atoms with Crippen molar-refractivity contribution in [1.82, 2.24) is 59.2 Å². The van der Waals surface area contributed by atoms with Crippen LogP contribution in [0.1, 0.15) is 171 Å². The second kappa shape index (κ2) is 47.7. The summed E-state index contributed by atoms with van der Waals surface area (Å²) in [5.74, 6) is 3.85. The number of amides is 3. The van der Waals surface area contributed by atoms with Crippen molar-refractivity contribution in [3.05, 3.63) is 300 Å². The molecule has 3 unspecified atom stereocenters. The van der Waals surface area contributed by atoms with Crippen LogP contribution in [-0.4, -0.2) is 184 Å². The fourth-order valence-electron chi connectivity index (χ4n) is 18.7. The molecule has 21 nitrogen and oxygen atoms in total. The highest BCUT2D eigenvalue weighted by Crippen LogP contribution is 2.45. The third-order valence-electron chi connectivity index (χ3n) is 25.8. The SMILES string of the molecule is CN1CCN(CCCCCCOc2ccc(C3c4[nH]c5ccc(Cl)cc5c4CCN3C(=O)Oc3ccc(Cl)cc3)cc2)CC1.O=C(Oc1ccc(Cl)cc1)N1CCc2c([nH]c3ccc(Cl)cc23)C1c1ccc(OCCCCCCN2CCCCC2)cc1.O=C(Oc1ccc(Cl)cc1)N1CCc2c([nH]c3ccc(Cl)cc23)C1c1ccc(OCCCCCCNCCCn2ccnc2)cc1. The molecule has 5 aliphatic rings. The Balaban J connectivity index is 0.000000145. The number of carbonyl (C=O) groups excluding carboxylic acids is 3. The second-order valence-electron chi connectivity index (χ2n) is 35.1. The summed E-state index contributed by atoms with van der Waals surface area (Å²) in [7, 11) is 2.20. The molecule has 2 saturated heterocycles. The number of rotatable bonds is 34. The van der Waals surface area contributed by atoms with Gasteiger partial charge in [-0.2, -0.15) is 0 Å². The summed E-state index contributed by atoms with van der Waals surface area (Å²) >= 11 is 37.2. The molecule has 2 fully saturated rings. The number of imidazole rings is 1. The molecule has 698 valence electrons. The second-order valence-corrected chi connectivity index (χ2v) is 37.7. The normalized spacial score (nSPS) is 16.3. The van der Waals surface area contributed by atoms with Crippen LogP contribution in [0, 0.1) is 0 Å². The van der Waals surface area contributed by atoms with Crippen molar-refractivity contribution >= 4 is 121 Å². The maximum Gasteiger partial charge on any atom is 0.416 e. The Hall–Kier alpha value is -10.4. The van der Waals surface area contributed by atoms with Crippen LogP contribution in [0.2, 0.25) is 30.1 Å². The summed E-state index contributed by atoms with van der Waals surface area (Å²) < 4.78 is 37.7. The van der Waals surface area contributed by atoms with E-state index in [0.29, 0.717) is 106 Å². The molecule has 3 amide bonds. The smallest absolute Gasteiger partial charge is 0.416 e. The number of piperazine rings is 1. The number of halogens is 6. The Morgan fingerprint density at radius 3 is 1.05 bits per heavy atom. The predicted molar refractivity (Wildman–Crippen MR) is 534 cm³/mol. The average molecular weight is 1920 g/mol. The van der Waals surface area contributed by atoms with Gasteiger partial charge >= 0.3 is 18.3 Å². The molecule has 18 rings (SSSR count). The van der Waals surface area contributed by atoms with Gasteiger partial charge < -0.3 is 68.0 Å². The van der Waals surface area contributed by atoms with Gasteiger partial charge in [-0.25, -0.2) is 19.4 Å². The lowest BCUT2D eigenvalue weighted by Gasteiger charge is -2.35. The minimum atomic E-state index is -0.417. The Bertz CT molecular complexity index is 5910. The minimum absolute atomic E-state index is 0.344. The molecule has 5 aliphatic heterocycles. The van der Waals surface area contributed by atoms with Crippen molar-refractivity contribution in [3.63, 3.8) is 0 Å². The molecule has 0 aliphatic carbocycles. The third kappa shape index (κ3) is 26.0. The molecule has 9 heterocycles. The minimum Gasteiger partial charge on any atom is -0.494 e. The number of ether oxygens (including phenoxy) is 6. The lowest BCUT2D eigenvalue weighted by molar-refractivity contribution is 0.134. The first-order chi connectivity index (χ1) is 65.0. The molecule has 4 N–H and O–H groups in total. The topological polar surface area (TPSA) is 203 Å². The first kappa shape index (κ1) is 95.7. The molecular weight excluding hydrogens is 1800 g/mol. The van der Waals surface area contributed by atoms with E-state index in [1.165, 1.54) is 140 Å². The highest BCUT2D eigenvalue weighted by molar-refractivity contribution is 6.32. The summed E-state index contributed by atoms with van der Waals surface area (Å²) in [4.78, 5) is 68.4. The number of aromatic nitrogens is 5. The number of hydrogen-bond acceptors (Lipinski definition) is 14. The van der Waals surface area contributed by atoms with Gasteiger partial charge in [0.05, 0.1) is 26.1 Å². The number of aromatic amines is 3. The van der Waals surface area contributed by atoms with Crippen molar-refractivity contribution in [3.8, 4) is 34.5 Å². The van der Waals surface area contributed by atoms with Gasteiger partial charge in [-0.05, 0) is 321 Å². The van der Waals surface area contributed by atoms with Gasteiger partial charge in [0.2, 0.25) is 0 Å². The van der Waals surface area contributed by atoms with E-state index in [1.807, 2.05) is 134 Å². The van der Waals surface area contributed by atoms with E-state index in [0.717, 1.165) is 135 Å². The number of hydrogen-bond donors (Lipinski definition) is 4. The number of nitrogens with one attached hydrogen (secondary N) is 4. The maximum atomic E-state index is 13.5. The van der Waals surface area contributed by atoms with Gasteiger partial charge in [0.1, 0.15) is 52.6 Å². The number of likely N-dealkylation sites (tertiary alicyclic amines) is 1.